The average Bonchev–Trinajstić information content (AvgIpc) is 2.63. The summed E-state index contributed by atoms with van der Waals surface area (Å²) in [5, 5.41) is 5.32. The normalized spacial score (nSPS) is 14.8. The van der Waals surface area contributed by atoms with Crippen LogP contribution >= 0.6 is 0 Å². The lowest BCUT2D eigenvalue weighted by atomic mass is 10.0. The number of piperidine rings is 1. The van der Waals surface area contributed by atoms with Crippen molar-refractivity contribution in [2.45, 2.75) is 18.9 Å². The first-order valence-corrected chi connectivity index (χ1v) is 8.47. The SMILES string of the molecule is COc1c(F)cc(NC(=O)NC2CCN(c3ccccc3)CC2)cc1F. The molecule has 1 aliphatic heterocycles. The summed E-state index contributed by atoms with van der Waals surface area (Å²) in [7, 11) is 1.18. The summed E-state index contributed by atoms with van der Waals surface area (Å²) in [6.45, 7) is 1.67. The van der Waals surface area contributed by atoms with Crippen LogP contribution in [0.2, 0.25) is 0 Å². The number of benzene rings is 2. The molecule has 0 atom stereocenters. The Morgan fingerprint density at radius 2 is 1.73 bits per heavy atom. The Morgan fingerprint density at radius 1 is 1.12 bits per heavy atom. The fourth-order valence-electron chi connectivity index (χ4n) is 3.10. The van der Waals surface area contributed by atoms with Crippen LogP contribution in [0.25, 0.3) is 0 Å². The molecule has 138 valence electrons. The van der Waals surface area contributed by atoms with Crippen molar-refractivity contribution in [3.8, 4) is 5.75 Å². The molecule has 2 aromatic rings. The maximum absolute atomic E-state index is 13.7. The summed E-state index contributed by atoms with van der Waals surface area (Å²) in [4.78, 5) is 14.4. The van der Waals surface area contributed by atoms with Crippen molar-refractivity contribution >= 4 is 17.4 Å². The summed E-state index contributed by atoms with van der Waals surface area (Å²) < 4.78 is 32.0. The van der Waals surface area contributed by atoms with Gasteiger partial charge in [-0.15, -0.1) is 0 Å². The predicted octanol–water partition coefficient (Wildman–Crippen LogP) is 3.76. The van der Waals surface area contributed by atoms with E-state index in [1.807, 2.05) is 18.2 Å². The lowest BCUT2D eigenvalue weighted by Gasteiger charge is -2.33. The Balaban J connectivity index is 1.52. The van der Waals surface area contributed by atoms with Gasteiger partial charge in [0.25, 0.3) is 0 Å². The number of hydrogen-bond donors (Lipinski definition) is 2. The van der Waals surface area contributed by atoms with E-state index in [2.05, 4.69) is 32.4 Å². The number of amides is 2. The van der Waals surface area contributed by atoms with Crippen molar-refractivity contribution < 1.29 is 18.3 Å². The van der Waals surface area contributed by atoms with Crippen LogP contribution in [-0.4, -0.2) is 32.3 Å². The number of nitrogens with one attached hydrogen (secondary N) is 2. The number of rotatable bonds is 4. The third kappa shape index (κ3) is 4.22. The summed E-state index contributed by atoms with van der Waals surface area (Å²) in [6.07, 6.45) is 1.60. The molecule has 1 fully saturated rings. The van der Waals surface area contributed by atoms with Crippen molar-refractivity contribution in [2.24, 2.45) is 0 Å². The molecule has 1 heterocycles. The molecule has 0 spiro atoms. The number of nitrogens with zero attached hydrogens (tertiary/aromatic N) is 1. The standard InChI is InChI=1S/C19H21F2N3O2/c1-26-18-16(20)11-14(12-17(18)21)23-19(25)22-13-7-9-24(10-8-13)15-5-3-2-4-6-15/h2-6,11-13H,7-10H2,1H3,(H2,22,23,25). The van der Waals surface area contributed by atoms with Gasteiger partial charge in [-0.1, -0.05) is 18.2 Å². The smallest absolute Gasteiger partial charge is 0.319 e. The Morgan fingerprint density at radius 3 is 2.31 bits per heavy atom. The quantitative estimate of drug-likeness (QED) is 0.872. The van der Waals surface area contributed by atoms with E-state index < -0.39 is 23.4 Å². The van der Waals surface area contributed by atoms with Crippen LogP contribution in [0.4, 0.5) is 25.0 Å². The van der Waals surface area contributed by atoms with E-state index in [1.165, 1.54) is 12.8 Å². The number of para-hydroxylation sites is 1. The first-order valence-electron chi connectivity index (χ1n) is 8.47. The first-order chi connectivity index (χ1) is 12.6. The summed E-state index contributed by atoms with van der Waals surface area (Å²) in [5.74, 6) is -2.19. The van der Waals surface area contributed by atoms with Crippen LogP contribution in [-0.2, 0) is 0 Å². The molecule has 0 unspecified atom stereocenters. The number of hydrogen-bond acceptors (Lipinski definition) is 3. The number of halogens is 2. The molecule has 0 aromatic heterocycles. The molecule has 7 heteroatoms. The second-order valence-corrected chi connectivity index (χ2v) is 6.17. The minimum Gasteiger partial charge on any atom is -0.491 e. The van der Waals surface area contributed by atoms with Gasteiger partial charge in [0.15, 0.2) is 17.4 Å². The highest BCUT2D eigenvalue weighted by molar-refractivity contribution is 5.89. The van der Waals surface area contributed by atoms with Gasteiger partial charge in [-0.2, -0.15) is 0 Å². The number of urea groups is 1. The first kappa shape index (κ1) is 18.0. The number of carbonyl (C=O) groups is 1. The fraction of sp³-hybridized carbons (Fsp3) is 0.316. The second-order valence-electron chi connectivity index (χ2n) is 6.17. The van der Waals surface area contributed by atoms with Crippen molar-refractivity contribution in [3.63, 3.8) is 0 Å². The van der Waals surface area contributed by atoms with Gasteiger partial charge in [0.05, 0.1) is 7.11 Å². The number of carbonyl (C=O) groups excluding carboxylic acids is 1. The van der Waals surface area contributed by atoms with E-state index in [-0.39, 0.29) is 11.7 Å². The largest absolute Gasteiger partial charge is 0.491 e. The number of ether oxygens (including phenoxy) is 1. The Bertz CT molecular complexity index is 740. The Labute approximate surface area is 151 Å². The monoisotopic (exact) mass is 361 g/mol. The van der Waals surface area contributed by atoms with Crippen molar-refractivity contribution in [1.82, 2.24) is 5.32 Å². The lowest BCUT2D eigenvalue weighted by Crippen LogP contribution is -2.46. The summed E-state index contributed by atoms with van der Waals surface area (Å²) >= 11 is 0. The van der Waals surface area contributed by atoms with E-state index in [0.29, 0.717) is 0 Å². The Hall–Kier alpha value is -2.83. The minimum absolute atomic E-state index is 0.0166. The van der Waals surface area contributed by atoms with Crippen molar-refractivity contribution in [1.29, 1.82) is 0 Å². The number of methoxy groups -OCH3 is 1. The highest BCUT2D eigenvalue weighted by Gasteiger charge is 2.21. The molecule has 2 aromatic carbocycles. The molecule has 3 rings (SSSR count). The summed E-state index contributed by atoms with van der Waals surface area (Å²) in [6, 6.07) is 11.7. The zero-order chi connectivity index (χ0) is 18.5. The van der Waals surface area contributed by atoms with E-state index in [0.717, 1.165) is 38.1 Å². The van der Waals surface area contributed by atoms with Crippen LogP contribution in [0, 0.1) is 11.6 Å². The van der Waals surface area contributed by atoms with Crippen LogP contribution in [0.3, 0.4) is 0 Å². The molecule has 5 nitrogen and oxygen atoms in total. The number of anilines is 2. The van der Waals surface area contributed by atoms with Gasteiger partial charge in [0, 0.05) is 42.6 Å². The van der Waals surface area contributed by atoms with Gasteiger partial charge in [-0.25, -0.2) is 13.6 Å². The average molecular weight is 361 g/mol. The molecule has 26 heavy (non-hydrogen) atoms. The van der Waals surface area contributed by atoms with Gasteiger partial charge in [-0.3, -0.25) is 0 Å². The zero-order valence-electron chi connectivity index (χ0n) is 14.5. The van der Waals surface area contributed by atoms with Crippen LogP contribution in [0.15, 0.2) is 42.5 Å². The van der Waals surface area contributed by atoms with Crippen LogP contribution < -0.4 is 20.3 Å². The van der Waals surface area contributed by atoms with Gasteiger partial charge in [0.2, 0.25) is 0 Å². The van der Waals surface area contributed by atoms with E-state index in [4.69, 9.17) is 0 Å². The minimum atomic E-state index is -0.862. The zero-order valence-corrected chi connectivity index (χ0v) is 14.5. The molecule has 2 N–H and O–H groups in total. The van der Waals surface area contributed by atoms with E-state index in [1.54, 1.807) is 0 Å². The molecule has 0 saturated carbocycles. The molecule has 0 radical (unpaired) electrons. The van der Waals surface area contributed by atoms with Crippen LogP contribution in [0.5, 0.6) is 5.75 Å². The maximum Gasteiger partial charge on any atom is 0.319 e. The van der Waals surface area contributed by atoms with Gasteiger partial charge >= 0.3 is 6.03 Å². The van der Waals surface area contributed by atoms with E-state index in [9.17, 15) is 13.6 Å². The highest BCUT2D eigenvalue weighted by Crippen LogP contribution is 2.25. The maximum atomic E-state index is 13.7. The van der Waals surface area contributed by atoms with Crippen molar-refractivity contribution in [3.05, 3.63) is 54.1 Å². The Kier molecular flexibility index (Phi) is 5.55. The summed E-state index contributed by atoms with van der Waals surface area (Å²) in [5.41, 5.74) is 1.21. The second kappa shape index (κ2) is 8.03. The lowest BCUT2D eigenvalue weighted by molar-refractivity contribution is 0.246. The molecular formula is C19H21F2N3O2. The third-order valence-corrected chi connectivity index (χ3v) is 4.41. The molecule has 0 aliphatic carbocycles. The fourth-order valence-corrected chi connectivity index (χ4v) is 3.10. The molecule has 1 saturated heterocycles. The topological polar surface area (TPSA) is 53.6 Å². The predicted molar refractivity (Wildman–Crippen MR) is 96.7 cm³/mol. The van der Waals surface area contributed by atoms with Gasteiger partial charge in [0.1, 0.15) is 0 Å². The third-order valence-electron chi connectivity index (χ3n) is 4.41. The van der Waals surface area contributed by atoms with Crippen molar-refractivity contribution in [2.75, 3.05) is 30.4 Å². The van der Waals surface area contributed by atoms with Gasteiger partial charge < -0.3 is 20.3 Å². The van der Waals surface area contributed by atoms with E-state index >= 15 is 0 Å². The molecule has 1 aliphatic rings. The molecular weight excluding hydrogens is 340 g/mol. The molecule has 0 bridgehead atoms. The van der Waals surface area contributed by atoms with Crippen LogP contribution in [0.1, 0.15) is 12.8 Å². The van der Waals surface area contributed by atoms with Gasteiger partial charge in [-0.05, 0) is 25.0 Å². The molecule has 2 amide bonds. The highest BCUT2D eigenvalue weighted by atomic mass is 19.1.